The standard InChI is InChI=1S/C11H7F3O3S/c12-11(13,14)9-7(17-10(15)16)5-6-3-1-2-4-8(6)18-9/h1-5,9H,(H,15,16). The Kier molecular flexibility index (Phi) is 3.25. The van der Waals surface area contributed by atoms with Crippen molar-refractivity contribution < 1.29 is 27.8 Å². The number of alkyl halides is 3. The van der Waals surface area contributed by atoms with E-state index >= 15 is 0 Å². The molecular formula is C11H7F3O3S. The van der Waals surface area contributed by atoms with E-state index < -0.39 is 23.3 Å². The fourth-order valence-electron chi connectivity index (χ4n) is 1.53. The summed E-state index contributed by atoms with van der Waals surface area (Å²) in [4.78, 5) is 10.9. The van der Waals surface area contributed by atoms with E-state index in [-0.39, 0.29) is 0 Å². The van der Waals surface area contributed by atoms with Crippen molar-refractivity contribution in [2.45, 2.75) is 16.3 Å². The highest BCUT2D eigenvalue weighted by Crippen LogP contribution is 2.45. The molecule has 0 saturated heterocycles. The maximum atomic E-state index is 12.8. The van der Waals surface area contributed by atoms with Gasteiger partial charge in [-0.2, -0.15) is 13.2 Å². The molecular weight excluding hydrogens is 269 g/mol. The van der Waals surface area contributed by atoms with Gasteiger partial charge in [0.2, 0.25) is 0 Å². The van der Waals surface area contributed by atoms with Gasteiger partial charge in [-0.3, -0.25) is 0 Å². The van der Waals surface area contributed by atoms with Crippen molar-refractivity contribution in [3.05, 3.63) is 35.6 Å². The van der Waals surface area contributed by atoms with Crippen molar-refractivity contribution in [2.24, 2.45) is 0 Å². The first-order valence-electron chi connectivity index (χ1n) is 4.82. The Bertz CT molecular complexity index is 511. The lowest BCUT2D eigenvalue weighted by Gasteiger charge is -2.25. The van der Waals surface area contributed by atoms with Crippen LogP contribution in [0.3, 0.4) is 0 Å². The minimum absolute atomic E-state index is 0.442. The Hall–Kier alpha value is -1.63. The number of rotatable bonds is 1. The minimum atomic E-state index is -4.57. The number of benzene rings is 1. The second kappa shape index (κ2) is 4.56. The van der Waals surface area contributed by atoms with Crippen LogP contribution in [0.2, 0.25) is 0 Å². The zero-order valence-corrected chi connectivity index (χ0v) is 9.59. The molecule has 1 aliphatic heterocycles. The number of ether oxygens (including phenoxy) is 1. The predicted molar refractivity (Wildman–Crippen MR) is 59.2 cm³/mol. The van der Waals surface area contributed by atoms with Gasteiger partial charge in [-0.1, -0.05) is 18.2 Å². The summed E-state index contributed by atoms with van der Waals surface area (Å²) < 4.78 is 42.6. The van der Waals surface area contributed by atoms with Gasteiger partial charge in [0.15, 0.2) is 5.25 Å². The van der Waals surface area contributed by atoms with E-state index in [0.717, 1.165) is 6.08 Å². The molecule has 0 fully saturated rings. The second-order valence-electron chi connectivity index (χ2n) is 3.49. The summed E-state index contributed by atoms with van der Waals surface area (Å²) >= 11 is 0.532. The monoisotopic (exact) mass is 276 g/mol. The van der Waals surface area contributed by atoms with E-state index in [9.17, 15) is 18.0 Å². The Balaban J connectivity index is 2.42. The number of hydrogen-bond acceptors (Lipinski definition) is 3. The van der Waals surface area contributed by atoms with Gasteiger partial charge in [-0.05, 0) is 17.7 Å². The number of fused-ring (bicyclic) bond motifs is 1. The fourth-order valence-corrected chi connectivity index (χ4v) is 2.57. The Morgan fingerprint density at radius 2 is 2.00 bits per heavy atom. The molecule has 18 heavy (non-hydrogen) atoms. The van der Waals surface area contributed by atoms with Crippen molar-refractivity contribution in [3.8, 4) is 0 Å². The van der Waals surface area contributed by atoms with Gasteiger partial charge in [0.05, 0.1) is 0 Å². The van der Waals surface area contributed by atoms with Crippen molar-refractivity contribution in [2.75, 3.05) is 0 Å². The molecule has 0 spiro atoms. The summed E-state index contributed by atoms with van der Waals surface area (Å²) in [5, 5.41) is 6.46. The molecule has 1 heterocycles. The first-order chi connectivity index (χ1) is 8.38. The maximum absolute atomic E-state index is 12.8. The normalized spacial score (nSPS) is 18.8. The zero-order valence-electron chi connectivity index (χ0n) is 8.77. The molecule has 0 radical (unpaired) electrons. The van der Waals surface area contributed by atoms with Gasteiger partial charge >= 0.3 is 12.3 Å². The van der Waals surface area contributed by atoms with Crippen LogP contribution >= 0.6 is 11.8 Å². The lowest BCUT2D eigenvalue weighted by molar-refractivity contribution is -0.127. The molecule has 0 aliphatic carbocycles. The first kappa shape index (κ1) is 12.8. The van der Waals surface area contributed by atoms with E-state index in [4.69, 9.17) is 5.11 Å². The summed E-state index contributed by atoms with van der Waals surface area (Å²) in [6.45, 7) is 0. The summed E-state index contributed by atoms with van der Waals surface area (Å²) in [6, 6.07) is 6.42. The number of thioether (sulfide) groups is 1. The van der Waals surface area contributed by atoms with Gasteiger partial charge in [0, 0.05) is 4.90 Å². The third kappa shape index (κ3) is 2.61. The van der Waals surface area contributed by atoms with E-state index in [2.05, 4.69) is 4.74 Å². The maximum Gasteiger partial charge on any atom is 0.511 e. The van der Waals surface area contributed by atoms with E-state index in [1.54, 1.807) is 24.3 Å². The number of carbonyl (C=O) groups is 1. The van der Waals surface area contributed by atoms with Crippen LogP contribution in [0.1, 0.15) is 5.56 Å². The van der Waals surface area contributed by atoms with Crippen molar-refractivity contribution in [1.82, 2.24) is 0 Å². The van der Waals surface area contributed by atoms with Gasteiger partial charge < -0.3 is 9.84 Å². The molecule has 0 amide bonds. The molecule has 1 unspecified atom stereocenters. The van der Waals surface area contributed by atoms with Crippen LogP contribution in [0.4, 0.5) is 18.0 Å². The average Bonchev–Trinajstić information content (AvgIpc) is 2.26. The largest absolute Gasteiger partial charge is 0.511 e. The third-order valence-corrected chi connectivity index (χ3v) is 3.58. The highest BCUT2D eigenvalue weighted by Gasteiger charge is 2.46. The molecule has 7 heteroatoms. The Morgan fingerprint density at radius 3 is 2.61 bits per heavy atom. The first-order valence-corrected chi connectivity index (χ1v) is 5.70. The lowest BCUT2D eigenvalue weighted by atomic mass is 10.1. The minimum Gasteiger partial charge on any atom is -0.449 e. The smallest absolute Gasteiger partial charge is 0.449 e. The van der Waals surface area contributed by atoms with Crippen LogP contribution in [-0.2, 0) is 4.74 Å². The Labute approximate surface area is 104 Å². The average molecular weight is 276 g/mol. The van der Waals surface area contributed by atoms with Gasteiger partial charge in [-0.15, -0.1) is 11.8 Å². The molecule has 1 N–H and O–H groups in total. The van der Waals surface area contributed by atoms with Gasteiger partial charge in [-0.25, -0.2) is 4.79 Å². The summed E-state index contributed by atoms with van der Waals surface area (Å²) in [5.74, 6) is -0.612. The molecule has 3 nitrogen and oxygen atoms in total. The summed E-state index contributed by atoms with van der Waals surface area (Å²) in [7, 11) is 0. The molecule has 1 atom stereocenters. The molecule has 96 valence electrons. The highest BCUT2D eigenvalue weighted by atomic mass is 32.2. The van der Waals surface area contributed by atoms with E-state index in [0.29, 0.717) is 22.2 Å². The van der Waals surface area contributed by atoms with E-state index in [1.165, 1.54) is 0 Å². The second-order valence-corrected chi connectivity index (χ2v) is 4.64. The van der Waals surface area contributed by atoms with Gasteiger partial charge in [0.25, 0.3) is 0 Å². The molecule has 0 saturated carbocycles. The zero-order chi connectivity index (χ0) is 13.3. The number of carboxylic acid groups (broad SMARTS) is 1. The summed E-state index contributed by atoms with van der Waals surface area (Å²) in [5.41, 5.74) is 0.513. The fraction of sp³-hybridized carbons (Fsp3) is 0.182. The third-order valence-electron chi connectivity index (χ3n) is 2.22. The van der Waals surface area contributed by atoms with Crippen LogP contribution < -0.4 is 0 Å². The summed E-state index contributed by atoms with van der Waals surface area (Å²) in [6.07, 6.45) is -5.21. The van der Waals surface area contributed by atoms with Crippen molar-refractivity contribution in [1.29, 1.82) is 0 Å². The van der Waals surface area contributed by atoms with Crippen LogP contribution in [0.5, 0.6) is 0 Å². The molecule has 1 aromatic rings. The van der Waals surface area contributed by atoms with Crippen molar-refractivity contribution in [3.63, 3.8) is 0 Å². The predicted octanol–water partition coefficient (Wildman–Crippen LogP) is 3.76. The van der Waals surface area contributed by atoms with Crippen LogP contribution in [0.25, 0.3) is 6.08 Å². The molecule has 0 bridgehead atoms. The van der Waals surface area contributed by atoms with Gasteiger partial charge in [0.1, 0.15) is 5.76 Å². The van der Waals surface area contributed by atoms with Crippen molar-refractivity contribution >= 4 is 24.0 Å². The Morgan fingerprint density at radius 1 is 1.33 bits per heavy atom. The molecule has 2 rings (SSSR count). The molecule has 1 aliphatic rings. The SMILES string of the molecule is O=C(O)OC1=Cc2ccccc2SC1C(F)(F)F. The molecule has 1 aromatic carbocycles. The van der Waals surface area contributed by atoms with E-state index in [1.807, 2.05) is 0 Å². The van der Waals surface area contributed by atoms with Crippen LogP contribution in [0.15, 0.2) is 34.9 Å². The number of hydrogen-bond donors (Lipinski definition) is 1. The van der Waals surface area contributed by atoms with Crippen LogP contribution in [0, 0.1) is 0 Å². The lowest BCUT2D eigenvalue weighted by Crippen LogP contribution is -2.31. The topological polar surface area (TPSA) is 46.5 Å². The van der Waals surface area contributed by atoms with Crippen LogP contribution in [-0.4, -0.2) is 22.7 Å². The molecule has 0 aromatic heterocycles. The quantitative estimate of drug-likeness (QED) is 0.793. The highest BCUT2D eigenvalue weighted by molar-refractivity contribution is 8.00. The number of halogens is 3.